The maximum atomic E-state index is 13.7. The number of hydrogen-bond donors (Lipinski definition) is 1. The Balaban J connectivity index is 1.35. The van der Waals surface area contributed by atoms with Crippen molar-refractivity contribution < 1.29 is 14.0 Å². The van der Waals surface area contributed by atoms with Crippen molar-refractivity contribution in [3.63, 3.8) is 0 Å². The molecule has 7 nitrogen and oxygen atoms in total. The van der Waals surface area contributed by atoms with Crippen molar-refractivity contribution in [2.24, 2.45) is 5.92 Å². The van der Waals surface area contributed by atoms with Gasteiger partial charge in [0, 0.05) is 37.7 Å². The van der Waals surface area contributed by atoms with E-state index >= 15 is 0 Å². The van der Waals surface area contributed by atoms with E-state index in [2.05, 4.69) is 27.1 Å². The zero-order chi connectivity index (χ0) is 24.1. The van der Waals surface area contributed by atoms with E-state index in [1.54, 1.807) is 18.2 Å². The predicted molar refractivity (Wildman–Crippen MR) is 133 cm³/mol. The molecule has 34 heavy (non-hydrogen) atoms. The fourth-order valence-corrected chi connectivity index (χ4v) is 5.45. The van der Waals surface area contributed by atoms with Crippen LogP contribution in [0.25, 0.3) is 0 Å². The van der Waals surface area contributed by atoms with E-state index in [-0.39, 0.29) is 40.4 Å². The summed E-state index contributed by atoms with van der Waals surface area (Å²) in [5.74, 6) is 0.294. The molecular weight excluding hydrogens is 477 g/mol. The van der Waals surface area contributed by atoms with Crippen LogP contribution in [-0.4, -0.2) is 58.1 Å². The zero-order valence-electron chi connectivity index (χ0n) is 19.2. The van der Waals surface area contributed by atoms with Gasteiger partial charge >= 0.3 is 0 Å². The highest BCUT2D eigenvalue weighted by Gasteiger charge is 2.33. The Bertz CT molecular complexity index is 1040. The third kappa shape index (κ3) is 6.18. The van der Waals surface area contributed by atoms with E-state index in [0.717, 1.165) is 37.4 Å². The van der Waals surface area contributed by atoms with Gasteiger partial charge < -0.3 is 15.1 Å². The van der Waals surface area contributed by atoms with Crippen LogP contribution in [0.1, 0.15) is 39.0 Å². The molecule has 1 aliphatic heterocycles. The van der Waals surface area contributed by atoms with Crippen molar-refractivity contribution in [3.8, 4) is 0 Å². The first-order chi connectivity index (χ1) is 16.4. The second-order valence-electron chi connectivity index (χ2n) is 8.81. The van der Waals surface area contributed by atoms with Gasteiger partial charge in [0.15, 0.2) is 5.16 Å². The molecule has 1 saturated heterocycles. The topological polar surface area (TPSA) is 78.4 Å². The van der Waals surface area contributed by atoms with Crippen molar-refractivity contribution in [1.29, 1.82) is 0 Å². The van der Waals surface area contributed by atoms with Gasteiger partial charge in [-0.2, -0.15) is 0 Å². The molecule has 0 spiro atoms. The van der Waals surface area contributed by atoms with Crippen LogP contribution in [0.5, 0.6) is 0 Å². The molecule has 2 amide bonds. The molecule has 2 heterocycles. The normalized spacial score (nSPS) is 19.2. The summed E-state index contributed by atoms with van der Waals surface area (Å²) in [5, 5.41) is 3.21. The zero-order valence-corrected chi connectivity index (χ0v) is 20.7. The van der Waals surface area contributed by atoms with Crippen molar-refractivity contribution in [2.45, 2.75) is 50.2 Å². The van der Waals surface area contributed by atoms with E-state index in [1.165, 1.54) is 18.6 Å². The van der Waals surface area contributed by atoms with Gasteiger partial charge in [0.05, 0.1) is 11.4 Å². The lowest BCUT2D eigenvalue weighted by Crippen LogP contribution is -2.55. The number of nitrogens with one attached hydrogen (secondary N) is 1. The second-order valence-corrected chi connectivity index (χ2v) is 10.1. The first kappa shape index (κ1) is 24.7. The highest BCUT2D eigenvalue weighted by molar-refractivity contribution is 7.99. The lowest BCUT2D eigenvalue weighted by Gasteiger charge is -2.42. The number of amides is 2. The number of para-hydroxylation sites is 1. The number of piperazine rings is 1. The maximum absolute atomic E-state index is 13.7. The van der Waals surface area contributed by atoms with E-state index in [0.29, 0.717) is 30.6 Å². The summed E-state index contributed by atoms with van der Waals surface area (Å²) < 4.78 is 13.7. The maximum Gasteiger partial charge on any atom is 0.234 e. The fourth-order valence-electron chi connectivity index (χ4n) is 4.57. The van der Waals surface area contributed by atoms with Gasteiger partial charge in [-0.25, -0.2) is 14.4 Å². The molecular formula is C24H29ClFN5O2S. The number of hydrogen-bond acceptors (Lipinski definition) is 6. The Morgan fingerprint density at radius 2 is 1.94 bits per heavy atom. The highest BCUT2D eigenvalue weighted by atomic mass is 35.5. The van der Waals surface area contributed by atoms with Crippen LogP contribution in [0.3, 0.4) is 0 Å². The Morgan fingerprint density at radius 3 is 2.68 bits per heavy atom. The number of thioether (sulfide) groups is 1. The summed E-state index contributed by atoms with van der Waals surface area (Å²) >= 11 is 7.38. The smallest absolute Gasteiger partial charge is 0.234 e. The SMILES string of the molecule is CC1CN(c2cc(Cl)nc(SCC(=O)Nc3ccccc3F)n2)CCN1C(=O)C1CCCCC1. The molecule has 1 aliphatic carbocycles. The molecule has 1 aromatic carbocycles. The molecule has 2 fully saturated rings. The second kappa shape index (κ2) is 11.4. The molecule has 1 unspecified atom stereocenters. The molecule has 2 aliphatic rings. The Morgan fingerprint density at radius 1 is 1.18 bits per heavy atom. The number of carbonyl (C=O) groups is 2. The fraction of sp³-hybridized carbons (Fsp3) is 0.500. The first-order valence-corrected chi connectivity index (χ1v) is 13.0. The summed E-state index contributed by atoms with van der Waals surface area (Å²) in [7, 11) is 0. The van der Waals surface area contributed by atoms with Crippen LogP contribution < -0.4 is 10.2 Å². The minimum Gasteiger partial charge on any atom is -0.353 e. The van der Waals surface area contributed by atoms with Gasteiger partial charge in [0.25, 0.3) is 0 Å². The molecule has 10 heteroatoms. The van der Waals surface area contributed by atoms with Gasteiger partial charge in [0.2, 0.25) is 11.8 Å². The molecule has 1 N–H and O–H groups in total. The molecule has 0 radical (unpaired) electrons. The third-order valence-corrected chi connectivity index (χ3v) is 7.37. The van der Waals surface area contributed by atoms with Crippen LogP contribution in [0.15, 0.2) is 35.5 Å². The van der Waals surface area contributed by atoms with Gasteiger partial charge in [-0.3, -0.25) is 9.59 Å². The predicted octanol–water partition coefficient (Wildman–Crippen LogP) is 4.62. The van der Waals surface area contributed by atoms with E-state index in [1.807, 2.05) is 4.90 Å². The number of benzene rings is 1. The van der Waals surface area contributed by atoms with Crippen LogP contribution in [0.4, 0.5) is 15.9 Å². The summed E-state index contributed by atoms with van der Waals surface area (Å²) in [4.78, 5) is 38.2. The molecule has 0 bridgehead atoms. The Labute approximate surface area is 208 Å². The number of nitrogens with zero attached hydrogens (tertiary/aromatic N) is 4. The lowest BCUT2D eigenvalue weighted by molar-refractivity contribution is -0.139. The van der Waals surface area contributed by atoms with E-state index in [4.69, 9.17) is 11.6 Å². The largest absolute Gasteiger partial charge is 0.353 e. The summed E-state index contributed by atoms with van der Waals surface area (Å²) in [6.07, 6.45) is 5.51. The molecule has 1 atom stereocenters. The number of rotatable bonds is 6. The Kier molecular flexibility index (Phi) is 8.26. The monoisotopic (exact) mass is 505 g/mol. The van der Waals surface area contributed by atoms with Crippen molar-refractivity contribution >= 4 is 46.7 Å². The number of carbonyl (C=O) groups excluding carboxylic acids is 2. The van der Waals surface area contributed by atoms with Gasteiger partial charge in [-0.15, -0.1) is 0 Å². The molecule has 182 valence electrons. The molecule has 1 aromatic heterocycles. The van der Waals surface area contributed by atoms with Crippen LogP contribution >= 0.6 is 23.4 Å². The van der Waals surface area contributed by atoms with Crippen LogP contribution in [0.2, 0.25) is 5.15 Å². The number of anilines is 2. The van der Waals surface area contributed by atoms with Crippen LogP contribution in [0, 0.1) is 11.7 Å². The first-order valence-electron chi connectivity index (χ1n) is 11.7. The average Bonchev–Trinajstić information content (AvgIpc) is 2.84. The minimum atomic E-state index is -0.489. The molecule has 1 saturated carbocycles. The minimum absolute atomic E-state index is 0.0220. The van der Waals surface area contributed by atoms with E-state index < -0.39 is 5.82 Å². The van der Waals surface area contributed by atoms with E-state index in [9.17, 15) is 14.0 Å². The lowest BCUT2D eigenvalue weighted by atomic mass is 9.88. The average molecular weight is 506 g/mol. The van der Waals surface area contributed by atoms with Crippen molar-refractivity contribution in [1.82, 2.24) is 14.9 Å². The molecule has 2 aromatic rings. The van der Waals surface area contributed by atoms with Crippen molar-refractivity contribution in [2.75, 3.05) is 35.6 Å². The Hall–Kier alpha value is -2.39. The molecule has 4 rings (SSSR count). The van der Waals surface area contributed by atoms with Gasteiger partial charge in [-0.1, -0.05) is 54.8 Å². The number of aromatic nitrogens is 2. The number of halogens is 2. The van der Waals surface area contributed by atoms with Gasteiger partial charge in [0.1, 0.15) is 16.8 Å². The van der Waals surface area contributed by atoms with Crippen LogP contribution in [-0.2, 0) is 9.59 Å². The van der Waals surface area contributed by atoms with Crippen molar-refractivity contribution in [3.05, 3.63) is 41.3 Å². The summed E-state index contributed by atoms with van der Waals surface area (Å²) in [6.45, 7) is 4.03. The third-order valence-electron chi connectivity index (χ3n) is 6.33. The standard InChI is InChI=1S/C24H29ClFN5O2S/c1-16-14-30(11-12-31(16)23(33)17-7-3-2-4-8-17)21-13-20(25)28-24(29-21)34-15-22(32)27-19-10-6-5-9-18(19)26/h5-6,9-10,13,16-17H,2-4,7-8,11-12,14-15H2,1H3,(H,27,32). The quantitative estimate of drug-likeness (QED) is 0.351. The summed E-state index contributed by atoms with van der Waals surface area (Å²) in [5.41, 5.74) is 0.135. The van der Waals surface area contributed by atoms with Gasteiger partial charge in [-0.05, 0) is 31.9 Å². The highest BCUT2D eigenvalue weighted by Crippen LogP contribution is 2.28. The summed E-state index contributed by atoms with van der Waals surface area (Å²) in [6, 6.07) is 7.79.